The summed E-state index contributed by atoms with van der Waals surface area (Å²) in [5, 5.41) is 12.2. The molecule has 2 aliphatic rings. The Hall–Kier alpha value is -2.45. The standard InChI is InChI=1S/C20H20N2O5S/c23-22(24)15-3-5-17-18-10-16(4-6-19(18)27-20(17)9-15)28(25,26)21-11-14-8-12-1-2-13(14)7-12/h3-6,9-10,12-14,21H,1-2,7-8,11H2/t12-,13-,14-/m0/s1. The second kappa shape index (κ2) is 6.28. The first-order valence-electron chi connectivity index (χ1n) is 9.51. The quantitative estimate of drug-likeness (QED) is 0.510. The van der Waals surface area contributed by atoms with E-state index in [-0.39, 0.29) is 10.6 Å². The Bertz CT molecular complexity index is 1200. The fourth-order valence-corrected chi connectivity index (χ4v) is 6.07. The lowest BCUT2D eigenvalue weighted by atomic mass is 9.89. The number of hydrogen-bond acceptors (Lipinski definition) is 5. The largest absolute Gasteiger partial charge is 0.456 e. The summed E-state index contributed by atoms with van der Waals surface area (Å²) >= 11 is 0. The fourth-order valence-electron chi connectivity index (χ4n) is 4.95. The van der Waals surface area contributed by atoms with Crippen LogP contribution in [0, 0.1) is 27.9 Å². The number of hydrogen-bond donors (Lipinski definition) is 1. The molecule has 28 heavy (non-hydrogen) atoms. The molecule has 146 valence electrons. The van der Waals surface area contributed by atoms with Crippen molar-refractivity contribution in [2.75, 3.05) is 6.54 Å². The predicted molar refractivity (Wildman–Crippen MR) is 105 cm³/mol. The molecule has 7 nitrogen and oxygen atoms in total. The van der Waals surface area contributed by atoms with Crippen LogP contribution in [0.5, 0.6) is 0 Å². The van der Waals surface area contributed by atoms with Gasteiger partial charge >= 0.3 is 0 Å². The van der Waals surface area contributed by atoms with E-state index in [1.165, 1.54) is 37.5 Å². The average Bonchev–Trinajstić information content (AvgIpc) is 3.38. The van der Waals surface area contributed by atoms with Crippen LogP contribution < -0.4 is 4.72 Å². The molecule has 2 bridgehead atoms. The van der Waals surface area contributed by atoms with Crippen LogP contribution in [0.4, 0.5) is 5.69 Å². The zero-order chi connectivity index (χ0) is 19.5. The maximum absolute atomic E-state index is 12.8. The Balaban J connectivity index is 1.44. The minimum Gasteiger partial charge on any atom is -0.456 e. The second-order valence-corrected chi connectivity index (χ2v) is 9.75. The number of nitrogens with zero attached hydrogens (tertiary/aromatic N) is 1. The first-order chi connectivity index (χ1) is 13.4. The van der Waals surface area contributed by atoms with E-state index in [0.717, 1.165) is 12.3 Å². The summed E-state index contributed by atoms with van der Waals surface area (Å²) in [4.78, 5) is 10.7. The normalized spacial score (nSPS) is 24.4. The summed E-state index contributed by atoms with van der Waals surface area (Å²) in [5.41, 5.74) is 0.808. The van der Waals surface area contributed by atoms with E-state index in [4.69, 9.17) is 4.42 Å². The maximum Gasteiger partial charge on any atom is 0.273 e. The van der Waals surface area contributed by atoms with Crippen molar-refractivity contribution in [2.24, 2.45) is 17.8 Å². The van der Waals surface area contributed by atoms with Crippen molar-refractivity contribution in [3.63, 3.8) is 0 Å². The Morgan fingerprint density at radius 1 is 1.07 bits per heavy atom. The highest BCUT2D eigenvalue weighted by Gasteiger charge is 2.39. The van der Waals surface area contributed by atoms with E-state index in [0.29, 0.717) is 40.3 Å². The molecule has 0 spiro atoms. The Morgan fingerprint density at radius 3 is 2.64 bits per heavy atom. The van der Waals surface area contributed by atoms with Crippen molar-refractivity contribution in [1.29, 1.82) is 0 Å². The van der Waals surface area contributed by atoms with E-state index in [9.17, 15) is 18.5 Å². The first kappa shape index (κ1) is 17.6. The molecule has 0 radical (unpaired) electrons. The predicted octanol–water partition coefficient (Wildman–Crippen LogP) is 4.21. The lowest BCUT2D eigenvalue weighted by Crippen LogP contribution is -2.31. The van der Waals surface area contributed by atoms with Crippen molar-refractivity contribution in [3.05, 3.63) is 46.5 Å². The van der Waals surface area contributed by atoms with Gasteiger partial charge in [-0.25, -0.2) is 13.1 Å². The summed E-state index contributed by atoms with van der Waals surface area (Å²) in [6.07, 6.45) is 4.87. The molecule has 8 heteroatoms. The third-order valence-corrected chi connectivity index (χ3v) is 7.79. The van der Waals surface area contributed by atoms with Crippen LogP contribution in [0.15, 0.2) is 45.7 Å². The Morgan fingerprint density at radius 2 is 1.93 bits per heavy atom. The van der Waals surface area contributed by atoms with Gasteiger partial charge in [-0.2, -0.15) is 0 Å². The smallest absolute Gasteiger partial charge is 0.273 e. The van der Waals surface area contributed by atoms with E-state index in [1.807, 2.05) is 0 Å². The summed E-state index contributed by atoms with van der Waals surface area (Å²) in [7, 11) is -3.62. The summed E-state index contributed by atoms with van der Waals surface area (Å²) < 4.78 is 34.1. The number of nitrogens with one attached hydrogen (secondary N) is 1. The number of furan rings is 1. The lowest BCUT2D eigenvalue weighted by molar-refractivity contribution is -0.384. The van der Waals surface area contributed by atoms with Gasteiger partial charge in [-0.15, -0.1) is 0 Å². The number of nitro benzene ring substituents is 1. The number of sulfonamides is 1. The summed E-state index contributed by atoms with van der Waals surface area (Å²) in [5.74, 6) is 1.87. The van der Waals surface area contributed by atoms with Gasteiger partial charge in [0.05, 0.1) is 15.9 Å². The van der Waals surface area contributed by atoms with E-state index >= 15 is 0 Å². The SMILES string of the molecule is O=[N+]([O-])c1ccc2c(c1)oc1ccc(S(=O)(=O)NC[C@@H]3C[C@H]4CC[C@H]3C4)cc12. The number of fused-ring (bicyclic) bond motifs is 5. The number of nitro groups is 1. The highest BCUT2D eigenvalue weighted by atomic mass is 32.2. The third-order valence-electron chi connectivity index (χ3n) is 6.37. The average molecular weight is 400 g/mol. The van der Waals surface area contributed by atoms with Gasteiger partial charge in [-0.05, 0) is 61.3 Å². The van der Waals surface area contributed by atoms with Gasteiger partial charge in [0.1, 0.15) is 11.2 Å². The molecule has 2 saturated carbocycles. The van der Waals surface area contributed by atoms with Crippen LogP contribution in [0.25, 0.3) is 21.9 Å². The molecule has 0 aliphatic heterocycles. The molecule has 0 unspecified atom stereocenters. The van der Waals surface area contributed by atoms with Crippen molar-refractivity contribution in [1.82, 2.24) is 4.72 Å². The third kappa shape index (κ3) is 2.87. The molecular formula is C20H20N2O5S. The molecule has 2 aliphatic carbocycles. The van der Waals surface area contributed by atoms with E-state index in [1.54, 1.807) is 18.2 Å². The van der Waals surface area contributed by atoms with Crippen LogP contribution >= 0.6 is 0 Å². The molecule has 2 fully saturated rings. The van der Waals surface area contributed by atoms with Gasteiger partial charge in [-0.3, -0.25) is 10.1 Å². The van der Waals surface area contributed by atoms with Gasteiger partial charge in [-0.1, -0.05) is 6.42 Å². The van der Waals surface area contributed by atoms with E-state index < -0.39 is 14.9 Å². The molecule has 3 atom stereocenters. The lowest BCUT2D eigenvalue weighted by Gasteiger charge is -2.21. The first-order valence-corrected chi connectivity index (χ1v) is 11.0. The molecule has 0 saturated heterocycles. The summed E-state index contributed by atoms with van der Waals surface area (Å²) in [6, 6.07) is 9.05. The van der Waals surface area contributed by atoms with Gasteiger partial charge in [0, 0.05) is 23.4 Å². The Labute approximate surface area is 161 Å². The van der Waals surface area contributed by atoms with Crippen LogP contribution in [0.2, 0.25) is 0 Å². The van der Waals surface area contributed by atoms with Crippen LogP contribution in [-0.4, -0.2) is 19.9 Å². The van der Waals surface area contributed by atoms with Crippen molar-refractivity contribution in [2.45, 2.75) is 30.6 Å². The van der Waals surface area contributed by atoms with Crippen LogP contribution in [-0.2, 0) is 10.0 Å². The topological polar surface area (TPSA) is 102 Å². The molecule has 2 aromatic carbocycles. The number of non-ortho nitro benzene ring substituents is 1. The molecule has 1 aromatic heterocycles. The van der Waals surface area contributed by atoms with Crippen molar-refractivity contribution in [3.8, 4) is 0 Å². The van der Waals surface area contributed by atoms with Crippen molar-refractivity contribution >= 4 is 37.6 Å². The molecule has 1 N–H and O–H groups in total. The van der Waals surface area contributed by atoms with Gasteiger partial charge < -0.3 is 4.42 Å². The molecule has 1 heterocycles. The van der Waals surface area contributed by atoms with Crippen LogP contribution in [0.3, 0.4) is 0 Å². The minimum absolute atomic E-state index is 0.0630. The fraction of sp³-hybridized carbons (Fsp3) is 0.400. The summed E-state index contributed by atoms with van der Waals surface area (Å²) in [6.45, 7) is 0.486. The highest BCUT2D eigenvalue weighted by molar-refractivity contribution is 7.89. The Kier molecular flexibility index (Phi) is 3.96. The molecular weight excluding hydrogens is 380 g/mol. The van der Waals surface area contributed by atoms with E-state index in [2.05, 4.69) is 4.72 Å². The number of benzene rings is 2. The highest BCUT2D eigenvalue weighted by Crippen LogP contribution is 2.48. The second-order valence-electron chi connectivity index (χ2n) is 7.98. The zero-order valence-electron chi connectivity index (χ0n) is 15.1. The minimum atomic E-state index is -3.62. The van der Waals surface area contributed by atoms with Crippen LogP contribution in [0.1, 0.15) is 25.7 Å². The molecule has 0 amide bonds. The zero-order valence-corrected chi connectivity index (χ0v) is 15.9. The van der Waals surface area contributed by atoms with Gasteiger partial charge in [0.25, 0.3) is 5.69 Å². The monoisotopic (exact) mass is 400 g/mol. The molecule has 3 aromatic rings. The number of rotatable bonds is 5. The van der Waals surface area contributed by atoms with Gasteiger partial charge in [0.2, 0.25) is 10.0 Å². The van der Waals surface area contributed by atoms with Gasteiger partial charge in [0.15, 0.2) is 0 Å². The van der Waals surface area contributed by atoms with Crippen molar-refractivity contribution < 1.29 is 17.8 Å². The molecule has 5 rings (SSSR count). The maximum atomic E-state index is 12.8.